The summed E-state index contributed by atoms with van der Waals surface area (Å²) in [6.45, 7) is 2.15. The zero-order chi connectivity index (χ0) is 15.2. The van der Waals surface area contributed by atoms with Crippen LogP contribution < -0.4 is 15.2 Å². The van der Waals surface area contributed by atoms with Gasteiger partial charge in [-0.1, -0.05) is 19.8 Å². The van der Waals surface area contributed by atoms with Crippen LogP contribution in [-0.4, -0.2) is 24.2 Å². The summed E-state index contributed by atoms with van der Waals surface area (Å²) in [6, 6.07) is 5.61. The largest absolute Gasteiger partial charge is 0.497 e. The Balaban J connectivity index is 2.28. The van der Waals surface area contributed by atoms with Crippen LogP contribution in [0.25, 0.3) is 11.3 Å². The molecule has 1 aromatic heterocycles. The number of nitrogens with zero attached hydrogens (tertiary/aromatic N) is 1. The predicted octanol–water partition coefficient (Wildman–Crippen LogP) is 3.28. The molecule has 5 heteroatoms. The van der Waals surface area contributed by atoms with Crippen LogP contribution in [0.5, 0.6) is 11.5 Å². The maximum atomic E-state index is 6.15. The van der Waals surface area contributed by atoms with Gasteiger partial charge in [-0.25, -0.2) is 4.98 Å². The number of nitrogens with two attached hydrogens (primary N) is 1. The molecule has 21 heavy (non-hydrogen) atoms. The normalized spacial score (nSPS) is 12.2. The molecule has 1 aromatic carbocycles. The van der Waals surface area contributed by atoms with E-state index >= 15 is 0 Å². The van der Waals surface area contributed by atoms with Gasteiger partial charge in [-0.2, -0.15) is 0 Å². The van der Waals surface area contributed by atoms with Crippen molar-refractivity contribution in [3.63, 3.8) is 0 Å². The summed E-state index contributed by atoms with van der Waals surface area (Å²) in [5, 5.41) is 0. The highest BCUT2D eigenvalue weighted by atomic mass is 16.5. The Morgan fingerprint density at radius 1 is 1.29 bits per heavy atom. The number of aromatic amines is 1. The van der Waals surface area contributed by atoms with Gasteiger partial charge < -0.3 is 20.2 Å². The van der Waals surface area contributed by atoms with Crippen LogP contribution in [0.4, 0.5) is 0 Å². The molecule has 0 spiro atoms. The van der Waals surface area contributed by atoms with E-state index in [0.717, 1.165) is 47.8 Å². The number of benzene rings is 1. The molecule has 0 aliphatic rings. The molecule has 1 atom stereocenters. The molecule has 0 saturated carbocycles. The second-order valence-corrected chi connectivity index (χ2v) is 5.00. The lowest BCUT2D eigenvalue weighted by molar-refractivity contribution is 0.404. The van der Waals surface area contributed by atoms with Gasteiger partial charge in [0.2, 0.25) is 0 Å². The molecular weight excluding hydrogens is 266 g/mol. The third kappa shape index (κ3) is 3.55. The zero-order valence-corrected chi connectivity index (χ0v) is 12.8. The van der Waals surface area contributed by atoms with E-state index in [4.69, 9.17) is 15.2 Å². The fourth-order valence-electron chi connectivity index (χ4n) is 2.25. The molecule has 114 valence electrons. The average Bonchev–Trinajstić information content (AvgIpc) is 3.01. The first-order chi connectivity index (χ1) is 10.2. The molecule has 0 aliphatic carbocycles. The molecule has 2 rings (SSSR count). The van der Waals surface area contributed by atoms with Crippen molar-refractivity contribution in [3.8, 4) is 22.8 Å². The Hall–Kier alpha value is -2.01. The number of H-pyrrole nitrogens is 1. The minimum atomic E-state index is -0.0599. The zero-order valence-electron chi connectivity index (χ0n) is 12.8. The Morgan fingerprint density at radius 3 is 2.76 bits per heavy atom. The third-order valence-corrected chi connectivity index (χ3v) is 3.51. The van der Waals surface area contributed by atoms with E-state index in [-0.39, 0.29) is 6.04 Å². The fourth-order valence-corrected chi connectivity index (χ4v) is 2.25. The van der Waals surface area contributed by atoms with Crippen molar-refractivity contribution >= 4 is 0 Å². The van der Waals surface area contributed by atoms with E-state index in [2.05, 4.69) is 16.9 Å². The van der Waals surface area contributed by atoms with Crippen molar-refractivity contribution in [1.82, 2.24) is 9.97 Å². The number of imidazole rings is 1. The topological polar surface area (TPSA) is 73.2 Å². The molecule has 1 heterocycles. The summed E-state index contributed by atoms with van der Waals surface area (Å²) in [5.41, 5.74) is 7.95. The molecule has 0 radical (unpaired) electrons. The van der Waals surface area contributed by atoms with Crippen molar-refractivity contribution in [3.05, 3.63) is 30.2 Å². The Morgan fingerprint density at radius 2 is 2.10 bits per heavy atom. The molecule has 5 nitrogen and oxygen atoms in total. The van der Waals surface area contributed by atoms with Crippen LogP contribution in [-0.2, 0) is 0 Å². The summed E-state index contributed by atoms with van der Waals surface area (Å²) < 4.78 is 10.7. The second kappa shape index (κ2) is 7.13. The van der Waals surface area contributed by atoms with E-state index in [1.807, 2.05) is 18.2 Å². The fraction of sp³-hybridized carbons (Fsp3) is 0.438. The van der Waals surface area contributed by atoms with Crippen LogP contribution in [0.3, 0.4) is 0 Å². The lowest BCUT2D eigenvalue weighted by atomic mass is 10.1. The van der Waals surface area contributed by atoms with Crippen LogP contribution in [0.1, 0.15) is 38.1 Å². The van der Waals surface area contributed by atoms with Gasteiger partial charge in [-0.05, 0) is 24.6 Å². The van der Waals surface area contributed by atoms with Crippen molar-refractivity contribution in [1.29, 1.82) is 0 Å². The number of rotatable bonds is 7. The predicted molar refractivity (Wildman–Crippen MR) is 83.6 cm³/mol. The number of nitrogens with one attached hydrogen (secondary N) is 1. The minimum absolute atomic E-state index is 0.0599. The van der Waals surface area contributed by atoms with E-state index in [1.54, 1.807) is 20.4 Å². The molecular formula is C16H23N3O2. The van der Waals surface area contributed by atoms with Gasteiger partial charge in [0.1, 0.15) is 17.3 Å². The Labute approximate surface area is 125 Å². The molecule has 0 fully saturated rings. The van der Waals surface area contributed by atoms with E-state index < -0.39 is 0 Å². The lowest BCUT2D eigenvalue weighted by Gasteiger charge is -2.10. The summed E-state index contributed by atoms with van der Waals surface area (Å²) in [5.74, 6) is 2.36. The number of hydrogen-bond donors (Lipinski definition) is 2. The number of aromatic nitrogens is 2. The van der Waals surface area contributed by atoms with Crippen molar-refractivity contribution < 1.29 is 9.47 Å². The highest BCUT2D eigenvalue weighted by Gasteiger charge is 2.14. The van der Waals surface area contributed by atoms with Gasteiger partial charge >= 0.3 is 0 Å². The molecule has 3 N–H and O–H groups in total. The summed E-state index contributed by atoms with van der Waals surface area (Å²) in [6.07, 6.45) is 4.95. The Kier molecular flexibility index (Phi) is 5.22. The highest BCUT2D eigenvalue weighted by molar-refractivity contribution is 5.68. The highest BCUT2D eigenvalue weighted by Crippen LogP contribution is 2.32. The molecule has 0 saturated heterocycles. The minimum Gasteiger partial charge on any atom is -0.497 e. The first kappa shape index (κ1) is 15.4. The first-order valence-electron chi connectivity index (χ1n) is 7.22. The number of ether oxygens (including phenoxy) is 2. The summed E-state index contributed by atoms with van der Waals surface area (Å²) >= 11 is 0. The van der Waals surface area contributed by atoms with Gasteiger partial charge in [-0.3, -0.25) is 0 Å². The van der Waals surface area contributed by atoms with Crippen LogP contribution in [0.15, 0.2) is 24.4 Å². The van der Waals surface area contributed by atoms with Gasteiger partial charge in [0.15, 0.2) is 0 Å². The van der Waals surface area contributed by atoms with Gasteiger partial charge in [0.05, 0.1) is 32.2 Å². The molecule has 2 aromatic rings. The molecule has 0 aliphatic heterocycles. The van der Waals surface area contributed by atoms with Crippen LogP contribution in [0.2, 0.25) is 0 Å². The Bertz CT molecular complexity index is 581. The van der Waals surface area contributed by atoms with Gasteiger partial charge in [0, 0.05) is 5.56 Å². The standard InChI is InChI=1S/C16H23N3O2/c1-4-5-6-13(17)16-18-10-14(19-16)12-9-11(20-2)7-8-15(12)21-3/h7-10,13H,4-6,17H2,1-3H3,(H,18,19). The lowest BCUT2D eigenvalue weighted by Crippen LogP contribution is -2.11. The number of methoxy groups -OCH3 is 2. The summed E-state index contributed by atoms with van der Waals surface area (Å²) in [7, 11) is 3.29. The monoisotopic (exact) mass is 289 g/mol. The average molecular weight is 289 g/mol. The van der Waals surface area contributed by atoms with Crippen molar-refractivity contribution in [2.24, 2.45) is 5.73 Å². The molecule has 1 unspecified atom stereocenters. The van der Waals surface area contributed by atoms with E-state index in [0.29, 0.717) is 0 Å². The molecule has 0 bridgehead atoms. The first-order valence-corrected chi connectivity index (χ1v) is 7.22. The van der Waals surface area contributed by atoms with Gasteiger partial charge in [-0.15, -0.1) is 0 Å². The SMILES string of the molecule is CCCCC(N)c1ncc(-c2cc(OC)ccc2OC)[nH]1. The van der Waals surface area contributed by atoms with Crippen LogP contribution >= 0.6 is 0 Å². The quantitative estimate of drug-likeness (QED) is 0.820. The molecule has 0 amide bonds. The number of hydrogen-bond acceptors (Lipinski definition) is 4. The summed E-state index contributed by atoms with van der Waals surface area (Å²) in [4.78, 5) is 7.69. The van der Waals surface area contributed by atoms with Gasteiger partial charge in [0.25, 0.3) is 0 Å². The smallest absolute Gasteiger partial charge is 0.128 e. The van der Waals surface area contributed by atoms with E-state index in [1.165, 1.54) is 0 Å². The van der Waals surface area contributed by atoms with Crippen molar-refractivity contribution in [2.75, 3.05) is 14.2 Å². The second-order valence-electron chi connectivity index (χ2n) is 5.00. The number of unbranched alkanes of at least 4 members (excludes halogenated alkanes) is 1. The third-order valence-electron chi connectivity index (χ3n) is 3.51. The van der Waals surface area contributed by atoms with E-state index in [9.17, 15) is 0 Å². The van der Waals surface area contributed by atoms with Crippen LogP contribution in [0, 0.1) is 0 Å². The maximum Gasteiger partial charge on any atom is 0.128 e. The van der Waals surface area contributed by atoms with Crippen molar-refractivity contribution in [2.45, 2.75) is 32.2 Å². The maximum absolute atomic E-state index is 6.15.